The van der Waals surface area contributed by atoms with Crippen LogP contribution in [0.4, 0.5) is 0 Å². The van der Waals surface area contributed by atoms with Crippen LogP contribution in [-0.2, 0) is 4.79 Å². The third-order valence-corrected chi connectivity index (χ3v) is 4.29. The predicted molar refractivity (Wildman–Crippen MR) is 94.2 cm³/mol. The fraction of sp³-hybridized carbons (Fsp3) is 0.200. The van der Waals surface area contributed by atoms with Crippen molar-refractivity contribution < 1.29 is 19.4 Å². The highest BCUT2D eigenvalue weighted by molar-refractivity contribution is 5.88. The number of fused-ring (bicyclic) bond motifs is 1. The van der Waals surface area contributed by atoms with E-state index in [4.69, 9.17) is 4.42 Å². The minimum atomic E-state index is -1.06. The van der Waals surface area contributed by atoms with E-state index in [0.717, 1.165) is 11.1 Å². The Bertz CT molecular complexity index is 1000. The highest BCUT2D eigenvalue weighted by Crippen LogP contribution is 2.37. The van der Waals surface area contributed by atoms with Gasteiger partial charge in [0, 0.05) is 5.92 Å². The summed E-state index contributed by atoms with van der Waals surface area (Å²) >= 11 is 0. The summed E-state index contributed by atoms with van der Waals surface area (Å²) in [6, 6.07) is 12.4. The molecule has 0 radical (unpaired) electrons. The summed E-state index contributed by atoms with van der Waals surface area (Å²) in [6.07, 6.45) is -0.321. The fourth-order valence-corrected chi connectivity index (χ4v) is 3.25. The fourth-order valence-electron chi connectivity index (χ4n) is 3.25. The molecule has 0 amide bonds. The second kappa shape index (κ2) is 6.43. The van der Waals surface area contributed by atoms with Crippen molar-refractivity contribution in [3.05, 3.63) is 75.1 Å². The Morgan fingerprint density at radius 2 is 1.84 bits per heavy atom. The Kier molecular flexibility index (Phi) is 4.31. The Balaban J connectivity index is 2.31. The molecule has 0 saturated heterocycles. The maximum absolute atomic E-state index is 12.6. The monoisotopic (exact) mass is 338 g/mol. The van der Waals surface area contributed by atoms with Crippen molar-refractivity contribution in [2.45, 2.75) is 26.2 Å². The Hall–Kier alpha value is -3.08. The van der Waals surface area contributed by atoms with E-state index in [9.17, 15) is 19.8 Å². The molecule has 3 aromatic rings. The van der Waals surface area contributed by atoms with Crippen LogP contribution in [0.1, 0.15) is 34.6 Å². The van der Waals surface area contributed by atoms with E-state index < -0.39 is 17.5 Å². The number of hydrogen-bond acceptors (Lipinski definition) is 4. The Labute approximate surface area is 144 Å². The molecule has 0 aliphatic rings. The molecule has 0 saturated carbocycles. The minimum Gasteiger partial charge on any atom is -0.507 e. The second-order valence-corrected chi connectivity index (χ2v) is 6.17. The van der Waals surface area contributed by atoms with E-state index in [0.29, 0.717) is 16.5 Å². The van der Waals surface area contributed by atoms with Gasteiger partial charge < -0.3 is 14.6 Å². The molecule has 25 heavy (non-hydrogen) atoms. The van der Waals surface area contributed by atoms with E-state index in [1.165, 1.54) is 0 Å². The van der Waals surface area contributed by atoms with Gasteiger partial charge in [0.2, 0.25) is 0 Å². The number of carboxylic acids is 1. The Morgan fingerprint density at radius 1 is 1.16 bits per heavy atom. The minimum absolute atomic E-state index is 0.0203. The lowest BCUT2D eigenvalue weighted by atomic mass is 9.88. The number of carbonyl (C=O) groups is 1. The van der Waals surface area contributed by atoms with Crippen LogP contribution in [0.2, 0.25) is 0 Å². The number of carboxylic acid groups (broad SMARTS) is 1. The van der Waals surface area contributed by atoms with Gasteiger partial charge in [-0.25, -0.2) is 4.79 Å². The van der Waals surface area contributed by atoms with Crippen molar-refractivity contribution in [2.24, 2.45) is 0 Å². The molecule has 2 N–H and O–H groups in total. The zero-order valence-electron chi connectivity index (χ0n) is 13.9. The number of aryl methyl sites for hydroxylation is 2. The van der Waals surface area contributed by atoms with Crippen LogP contribution in [0.3, 0.4) is 0 Å². The van der Waals surface area contributed by atoms with Gasteiger partial charge in [-0.1, -0.05) is 36.4 Å². The van der Waals surface area contributed by atoms with Crippen LogP contribution in [0.5, 0.6) is 5.75 Å². The van der Waals surface area contributed by atoms with E-state index in [1.807, 2.05) is 19.9 Å². The van der Waals surface area contributed by atoms with Crippen molar-refractivity contribution in [2.75, 3.05) is 0 Å². The SMILES string of the molecule is Cc1cc(C)c2c(O)c([C@@H](CC(=O)O)c3ccccc3)c(=O)oc2c1. The summed E-state index contributed by atoms with van der Waals surface area (Å²) in [4.78, 5) is 23.9. The smallest absolute Gasteiger partial charge is 0.343 e. The number of rotatable bonds is 4. The highest BCUT2D eigenvalue weighted by atomic mass is 16.4. The molecule has 0 aliphatic heterocycles. The van der Waals surface area contributed by atoms with E-state index in [1.54, 1.807) is 36.4 Å². The summed E-state index contributed by atoms with van der Waals surface area (Å²) in [5.41, 5.74) is 1.87. The molecule has 1 aromatic heterocycles. The molecule has 0 unspecified atom stereocenters. The predicted octanol–water partition coefficient (Wildman–Crippen LogP) is 3.72. The number of aliphatic carboxylic acids is 1. The van der Waals surface area contributed by atoms with Crippen LogP contribution < -0.4 is 5.63 Å². The van der Waals surface area contributed by atoms with E-state index >= 15 is 0 Å². The van der Waals surface area contributed by atoms with Crippen molar-refractivity contribution in [1.82, 2.24) is 0 Å². The lowest BCUT2D eigenvalue weighted by Crippen LogP contribution is -2.17. The number of hydrogen-bond donors (Lipinski definition) is 2. The van der Waals surface area contributed by atoms with Gasteiger partial charge in [-0.2, -0.15) is 0 Å². The van der Waals surface area contributed by atoms with Crippen molar-refractivity contribution in [3.63, 3.8) is 0 Å². The number of aromatic hydroxyl groups is 1. The molecule has 1 atom stereocenters. The summed E-state index contributed by atoms with van der Waals surface area (Å²) in [6.45, 7) is 3.68. The van der Waals surface area contributed by atoms with Crippen molar-refractivity contribution in [3.8, 4) is 5.75 Å². The summed E-state index contributed by atoms with van der Waals surface area (Å²) in [7, 11) is 0. The number of benzene rings is 2. The van der Waals surface area contributed by atoms with Crippen molar-refractivity contribution in [1.29, 1.82) is 0 Å². The molecule has 0 fully saturated rings. The molecular formula is C20H18O5. The van der Waals surface area contributed by atoms with Gasteiger partial charge in [0.05, 0.1) is 17.4 Å². The van der Waals surface area contributed by atoms with Gasteiger partial charge in [0.1, 0.15) is 11.3 Å². The van der Waals surface area contributed by atoms with Crippen LogP contribution in [-0.4, -0.2) is 16.2 Å². The van der Waals surface area contributed by atoms with E-state index in [-0.39, 0.29) is 17.7 Å². The first kappa shape index (κ1) is 16.8. The molecule has 128 valence electrons. The first-order valence-electron chi connectivity index (χ1n) is 7.92. The van der Waals surface area contributed by atoms with Gasteiger partial charge in [0.15, 0.2) is 0 Å². The van der Waals surface area contributed by atoms with Gasteiger partial charge in [-0.05, 0) is 36.6 Å². The molecule has 0 bridgehead atoms. The molecular weight excluding hydrogens is 320 g/mol. The summed E-state index contributed by atoms with van der Waals surface area (Å²) in [5, 5.41) is 20.5. The third-order valence-electron chi connectivity index (χ3n) is 4.29. The first-order valence-corrected chi connectivity index (χ1v) is 7.92. The normalized spacial score (nSPS) is 12.2. The van der Waals surface area contributed by atoms with Crippen molar-refractivity contribution >= 4 is 16.9 Å². The van der Waals surface area contributed by atoms with Crippen LogP contribution >= 0.6 is 0 Å². The first-order chi connectivity index (χ1) is 11.9. The average Bonchev–Trinajstić information content (AvgIpc) is 2.53. The van der Waals surface area contributed by atoms with Gasteiger partial charge in [0.25, 0.3) is 0 Å². The molecule has 3 rings (SSSR count). The quantitative estimate of drug-likeness (QED) is 0.708. The third kappa shape index (κ3) is 3.13. The lowest BCUT2D eigenvalue weighted by molar-refractivity contribution is -0.137. The zero-order valence-corrected chi connectivity index (χ0v) is 13.9. The second-order valence-electron chi connectivity index (χ2n) is 6.17. The molecule has 5 heteroatoms. The van der Waals surface area contributed by atoms with E-state index in [2.05, 4.69) is 0 Å². The highest BCUT2D eigenvalue weighted by Gasteiger charge is 2.27. The van der Waals surface area contributed by atoms with Gasteiger partial charge in [-0.3, -0.25) is 4.79 Å². The summed E-state index contributed by atoms with van der Waals surface area (Å²) < 4.78 is 5.41. The standard InChI is InChI=1S/C20H18O5/c1-11-8-12(2)17-15(9-11)25-20(24)18(19(17)23)14(10-16(21)22)13-6-4-3-5-7-13/h3-9,14,23H,10H2,1-2H3,(H,21,22)/t14-/m0/s1. The molecule has 0 aliphatic carbocycles. The molecule has 1 heterocycles. The topological polar surface area (TPSA) is 87.7 Å². The van der Waals surface area contributed by atoms with Crippen LogP contribution in [0, 0.1) is 13.8 Å². The molecule has 5 nitrogen and oxygen atoms in total. The molecule has 2 aromatic carbocycles. The maximum atomic E-state index is 12.6. The molecule has 0 spiro atoms. The summed E-state index contributed by atoms with van der Waals surface area (Å²) in [5.74, 6) is -2.06. The van der Waals surface area contributed by atoms with Crippen LogP contribution in [0.15, 0.2) is 51.7 Å². The maximum Gasteiger partial charge on any atom is 0.343 e. The lowest BCUT2D eigenvalue weighted by Gasteiger charge is -2.17. The van der Waals surface area contributed by atoms with Gasteiger partial charge >= 0.3 is 11.6 Å². The average molecular weight is 338 g/mol. The largest absolute Gasteiger partial charge is 0.507 e. The zero-order chi connectivity index (χ0) is 18.1. The van der Waals surface area contributed by atoms with Crippen LogP contribution in [0.25, 0.3) is 11.0 Å². The van der Waals surface area contributed by atoms with Gasteiger partial charge in [-0.15, -0.1) is 0 Å². The Morgan fingerprint density at radius 3 is 2.48 bits per heavy atom.